The van der Waals surface area contributed by atoms with E-state index in [1.807, 2.05) is 6.07 Å². The Morgan fingerprint density at radius 1 is 1.28 bits per heavy atom. The van der Waals surface area contributed by atoms with Gasteiger partial charge in [0, 0.05) is 36.6 Å². The standard InChI is InChI=1S/C17H18FN5O2/c18-15-11-14(22-9-2-1-3-10-22)7-6-13(15)12-20-21-17-16(23(24)25)5-4-8-19-17/h4-8,11-12H,1-3,9-10H2,(H,19,21)/b20-12-. The van der Waals surface area contributed by atoms with Gasteiger partial charge in [0.15, 0.2) is 0 Å². The summed E-state index contributed by atoms with van der Waals surface area (Å²) in [7, 11) is 0. The first-order valence-electron chi connectivity index (χ1n) is 8.08. The molecule has 0 aliphatic carbocycles. The van der Waals surface area contributed by atoms with E-state index in [-0.39, 0.29) is 17.3 Å². The van der Waals surface area contributed by atoms with E-state index in [2.05, 4.69) is 20.4 Å². The van der Waals surface area contributed by atoms with Crippen LogP contribution in [0.4, 0.5) is 21.6 Å². The highest BCUT2D eigenvalue weighted by Crippen LogP contribution is 2.22. The summed E-state index contributed by atoms with van der Waals surface area (Å²) in [6, 6.07) is 7.79. The molecule has 7 nitrogen and oxygen atoms in total. The minimum Gasteiger partial charge on any atom is -0.371 e. The van der Waals surface area contributed by atoms with Crippen LogP contribution in [0.15, 0.2) is 41.6 Å². The number of hydrogen-bond donors (Lipinski definition) is 1. The number of nitrogens with zero attached hydrogens (tertiary/aromatic N) is 4. The smallest absolute Gasteiger partial charge is 0.313 e. The normalized spacial score (nSPS) is 14.7. The van der Waals surface area contributed by atoms with Crippen molar-refractivity contribution in [1.82, 2.24) is 4.98 Å². The molecule has 0 bridgehead atoms. The monoisotopic (exact) mass is 343 g/mol. The predicted molar refractivity (Wildman–Crippen MR) is 94.6 cm³/mol. The Kier molecular flexibility index (Phi) is 5.17. The molecule has 1 aromatic heterocycles. The Balaban J connectivity index is 1.70. The van der Waals surface area contributed by atoms with Crippen LogP contribution >= 0.6 is 0 Å². The van der Waals surface area contributed by atoms with Crippen molar-refractivity contribution in [3.05, 3.63) is 58.0 Å². The van der Waals surface area contributed by atoms with E-state index in [9.17, 15) is 14.5 Å². The summed E-state index contributed by atoms with van der Waals surface area (Å²) < 4.78 is 14.3. The van der Waals surface area contributed by atoms with Gasteiger partial charge in [-0.3, -0.25) is 15.5 Å². The Morgan fingerprint density at radius 2 is 2.08 bits per heavy atom. The zero-order valence-corrected chi connectivity index (χ0v) is 13.6. The molecule has 25 heavy (non-hydrogen) atoms. The Bertz CT molecular complexity index is 790. The van der Waals surface area contributed by atoms with Crippen molar-refractivity contribution in [2.45, 2.75) is 19.3 Å². The minimum atomic E-state index is -0.557. The number of anilines is 2. The van der Waals surface area contributed by atoms with Crippen LogP contribution in [0, 0.1) is 15.9 Å². The molecule has 0 amide bonds. The molecule has 2 aromatic rings. The first-order valence-corrected chi connectivity index (χ1v) is 8.08. The Hall–Kier alpha value is -3.03. The summed E-state index contributed by atoms with van der Waals surface area (Å²) in [6.45, 7) is 1.88. The fourth-order valence-electron chi connectivity index (χ4n) is 2.76. The number of hydrazone groups is 1. The van der Waals surface area contributed by atoms with E-state index in [4.69, 9.17) is 0 Å². The lowest BCUT2D eigenvalue weighted by molar-refractivity contribution is -0.384. The summed E-state index contributed by atoms with van der Waals surface area (Å²) >= 11 is 0. The van der Waals surface area contributed by atoms with Crippen molar-refractivity contribution in [3.63, 3.8) is 0 Å². The number of piperidine rings is 1. The zero-order valence-electron chi connectivity index (χ0n) is 13.6. The molecule has 8 heteroatoms. The van der Waals surface area contributed by atoms with Gasteiger partial charge < -0.3 is 4.90 Å². The first kappa shape index (κ1) is 16.8. The van der Waals surface area contributed by atoms with Gasteiger partial charge in [-0.1, -0.05) is 0 Å². The average Bonchev–Trinajstić information content (AvgIpc) is 2.64. The quantitative estimate of drug-likeness (QED) is 0.510. The maximum Gasteiger partial charge on any atom is 0.313 e. The molecule has 2 heterocycles. The van der Waals surface area contributed by atoms with Crippen LogP contribution in [-0.2, 0) is 0 Å². The van der Waals surface area contributed by atoms with E-state index in [1.54, 1.807) is 6.07 Å². The van der Waals surface area contributed by atoms with Crippen molar-refractivity contribution in [2.24, 2.45) is 5.10 Å². The summed E-state index contributed by atoms with van der Waals surface area (Å²) in [4.78, 5) is 16.4. The second kappa shape index (κ2) is 7.69. The molecule has 130 valence electrons. The molecule has 0 spiro atoms. The minimum absolute atomic E-state index is 0.00842. The highest BCUT2D eigenvalue weighted by molar-refractivity contribution is 5.81. The van der Waals surface area contributed by atoms with E-state index >= 15 is 0 Å². The molecule has 1 aliphatic heterocycles. The molecular formula is C17H18FN5O2. The number of halogens is 1. The molecule has 0 unspecified atom stereocenters. The van der Waals surface area contributed by atoms with Gasteiger partial charge in [-0.15, -0.1) is 0 Å². The van der Waals surface area contributed by atoms with Crippen LogP contribution in [0.2, 0.25) is 0 Å². The number of nitro groups is 1. The fourth-order valence-corrected chi connectivity index (χ4v) is 2.76. The fraction of sp³-hybridized carbons (Fsp3) is 0.294. The van der Waals surface area contributed by atoms with Crippen molar-refractivity contribution in [3.8, 4) is 0 Å². The van der Waals surface area contributed by atoms with Gasteiger partial charge in [-0.2, -0.15) is 5.10 Å². The molecule has 1 aromatic carbocycles. The third-order valence-corrected chi connectivity index (χ3v) is 4.06. The topological polar surface area (TPSA) is 83.7 Å². The SMILES string of the molecule is O=[N+]([O-])c1cccnc1N/N=C\c1ccc(N2CCCCC2)cc1F. The van der Waals surface area contributed by atoms with E-state index < -0.39 is 4.92 Å². The lowest BCUT2D eigenvalue weighted by Gasteiger charge is -2.28. The number of rotatable bonds is 5. The number of hydrogen-bond acceptors (Lipinski definition) is 6. The van der Waals surface area contributed by atoms with Gasteiger partial charge in [0.05, 0.1) is 11.1 Å². The van der Waals surface area contributed by atoms with Crippen LogP contribution in [0.1, 0.15) is 24.8 Å². The second-order valence-corrected chi connectivity index (χ2v) is 5.75. The van der Waals surface area contributed by atoms with Crippen LogP contribution in [0.3, 0.4) is 0 Å². The van der Waals surface area contributed by atoms with Gasteiger partial charge in [0.2, 0.25) is 5.82 Å². The lowest BCUT2D eigenvalue weighted by Crippen LogP contribution is -2.29. The number of nitrogens with one attached hydrogen (secondary N) is 1. The zero-order chi connectivity index (χ0) is 17.6. The second-order valence-electron chi connectivity index (χ2n) is 5.75. The molecule has 1 saturated heterocycles. The highest BCUT2D eigenvalue weighted by atomic mass is 19.1. The first-order chi connectivity index (χ1) is 12.1. The predicted octanol–water partition coefficient (Wildman–Crippen LogP) is 3.57. The molecule has 1 aliphatic rings. The molecule has 0 radical (unpaired) electrons. The number of aromatic nitrogens is 1. The van der Waals surface area contributed by atoms with E-state index in [0.29, 0.717) is 5.56 Å². The lowest BCUT2D eigenvalue weighted by atomic mass is 10.1. The average molecular weight is 343 g/mol. The highest BCUT2D eigenvalue weighted by Gasteiger charge is 2.14. The van der Waals surface area contributed by atoms with E-state index in [1.165, 1.54) is 37.0 Å². The van der Waals surface area contributed by atoms with Crippen molar-refractivity contribution in [2.75, 3.05) is 23.4 Å². The van der Waals surface area contributed by atoms with Gasteiger partial charge in [-0.25, -0.2) is 9.37 Å². The number of pyridine rings is 1. The summed E-state index contributed by atoms with van der Waals surface area (Å²) in [6.07, 6.45) is 6.16. The molecule has 1 fully saturated rings. The summed E-state index contributed by atoms with van der Waals surface area (Å²) in [5.41, 5.74) is 3.46. The molecule has 0 saturated carbocycles. The maximum absolute atomic E-state index is 14.3. The molecular weight excluding hydrogens is 325 g/mol. The van der Waals surface area contributed by atoms with Gasteiger partial charge in [0.25, 0.3) is 0 Å². The third kappa shape index (κ3) is 4.09. The van der Waals surface area contributed by atoms with Gasteiger partial charge in [0.1, 0.15) is 5.82 Å². The molecule has 1 N–H and O–H groups in total. The van der Waals surface area contributed by atoms with Crippen LogP contribution in [-0.4, -0.2) is 29.2 Å². The van der Waals surface area contributed by atoms with Gasteiger partial charge in [-0.05, 0) is 43.5 Å². The van der Waals surface area contributed by atoms with Crippen molar-refractivity contribution in [1.29, 1.82) is 0 Å². The molecule has 3 rings (SSSR count). The Labute approximate surface area is 144 Å². The third-order valence-electron chi connectivity index (χ3n) is 4.06. The van der Waals surface area contributed by atoms with E-state index in [0.717, 1.165) is 31.6 Å². The van der Waals surface area contributed by atoms with Crippen molar-refractivity contribution >= 4 is 23.4 Å². The van der Waals surface area contributed by atoms with Gasteiger partial charge >= 0.3 is 5.69 Å². The number of benzene rings is 1. The van der Waals surface area contributed by atoms with Crippen LogP contribution in [0.5, 0.6) is 0 Å². The van der Waals surface area contributed by atoms with Crippen LogP contribution in [0.25, 0.3) is 0 Å². The summed E-state index contributed by atoms with van der Waals surface area (Å²) in [5.74, 6) is -0.377. The summed E-state index contributed by atoms with van der Waals surface area (Å²) in [5, 5.41) is 14.8. The van der Waals surface area contributed by atoms with Crippen LogP contribution < -0.4 is 10.3 Å². The largest absolute Gasteiger partial charge is 0.371 e. The maximum atomic E-state index is 14.3. The molecule has 0 atom stereocenters. The van der Waals surface area contributed by atoms with Crippen molar-refractivity contribution < 1.29 is 9.31 Å². The Morgan fingerprint density at radius 3 is 2.80 bits per heavy atom.